The zero-order valence-electron chi connectivity index (χ0n) is 18.3. The lowest BCUT2D eigenvalue weighted by Crippen LogP contribution is -2.33. The molecule has 1 aliphatic rings. The molecule has 1 fully saturated rings. The summed E-state index contributed by atoms with van der Waals surface area (Å²) in [5, 5.41) is 7.93. The van der Waals surface area contributed by atoms with Gasteiger partial charge in [0.2, 0.25) is 0 Å². The van der Waals surface area contributed by atoms with Gasteiger partial charge in [0.25, 0.3) is 5.91 Å². The van der Waals surface area contributed by atoms with Gasteiger partial charge in [0.15, 0.2) is 0 Å². The summed E-state index contributed by atoms with van der Waals surface area (Å²) in [5.41, 5.74) is 1.02. The van der Waals surface area contributed by atoms with E-state index < -0.39 is 17.8 Å². The Labute approximate surface area is 190 Å². The van der Waals surface area contributed by atoms with Gasteiger partial charge in [-0.3, -0.25) is 4.79 Å². The number of rotatable bonds is 7. The Morgan fingerprint density at radius 2 is 1.61 bits per heavy atom. The molecule has 3 rings (SSSR count). The molecule has 1 aliphatic heterocycles. The van der Waals surface area contributed by atoms with Crippen LogP contribution in [0.25, 0.3) is 0 Å². The van der Waals surface area contributed by atoms with Gasteiger partial charge in [-0.05, 0) is 61.7 Å². The number of carbonyl (C=O) groups excluding carboxylic acids is 2. The first-order valence-corrected chi connectivity index (χ1v) is 10.7. The van der Waals surface area contributed by atoms with Crippen molar-refractivity contribution in [2.24, 2.45) is 0 Å². The highest BCUT2D eigenvalue weighted by Gasteiger charge is 2.30. The van der Waals surface area contributed by atoms with Crippen LogP contribution in [-0.2, 0) is 10.9 Å². The van der Waals surface area contributed by atoms with E-state index in [2.05, 4.69) is 20.9 Å². The smallest absolute Gasteiger partial charge is 0.383 e. The number of methoxy groups -OCH3 is 1. The van der Waals surface area contributed by atoms with Crippen LogP contribution in [0.4, 0.5) is 35.0 Å². The molecular formula is C23H27F3N4O3. The van der Waals surface area contributed by atoms with E-state index in [-0.39, 0.29) is 11.6 Å². The first-order chi connectivity index (χ1) is 15.8. The van der Waals surface area contributed by atoms with Gasteiger partial charge in [-0.2, -0.15) is 13.2 Å². The molecule has 10 heteroatoms. The number of urea groups is 1. The van der Waals surface area contributed by atoms with E-state index in [9.17, 15) is 22.8 Å². The molecule has 0 unspecified atom stereocenters. The highest BCUT2D eigenvalue weighted by molar-refractivity contribution is 6.04. The Morgan fingerprint density at radius 3 is 2.24 bits per heavy atom. The number of carbonyl (C=O) groups is 2. The molecule has 178 valence electrons. The Morgan fingerprint density at radius 1 is 0.970 bits per heavy atom. The van der Waals surface area contributed by atoms with E-state index in [4.69, 9.17) is 4.74 Å². The maximum absolute atomic E-state index is 12.8. The van der Waals surface area contributed by atoms with E-state index in [0.717, 1.165) is 50.2 Å². The molecule has 0 spiro atoms. The second-order valence-corrected chi connectivity index (χ2v) is 7.68. The minimum atomic E-state index is -4.45. The van der Waals surface area contributed by atoms with E-state index in [0.29, 0.717) is 24.4 Å². The van der Waals surface area contributed by atoms with Gasteiger partial charge in [-0.25, -0.2) is 4.79 Å². The standard InChI is InChI=1S/C23H27F3N4O3/c1-33-14-11-27-21(31)19-15-18(9-10-20(19)30-12-3-2-4-13-30)29-22(32)28-17-7-5-16(6-8-17)23(24,25)26/h5-10,15H,2-4,11-14H2,1H3,(H,27,31)(H2,28,29,32). The van der Waals surface area contributed by atoms with Crippen LogP contribution in [0, 0.1) is 0 Å². The molecule has 1 saturated heterocycles. The Hall–Kier alpha value is -3.27. The van der Waals surface area contributed by atoms with Crippen molar-refractivity contribution < 1.29 is 27.5 Å². The molecule has 0 atom stereocenters. The van der Waals surface area contributed by atoms with Crippen molar-refractivity contribution in [3.8, 4) is 0 Å². The third-order valence-corrected chi connectivity index (χ3v) is 5.26. The summed E-state index contributed by atoms with van der Waals surface area (Å²) in [6, 6.07) is 8.60. The average molecular weight is 464 g/mol. The predicted octanol–water partition coefficient (Wildman–Crippen LogP) is 4.72. The monoisotopic (exact) mass is 464 g/mol. The van der Waals surface area contributed by atoms with Crippen LogP contribution >= 0.6 is 0 Å². The number of ether oxygens (including phenoxy) is 1. The highest BCUT2D eigenvalue weighted by Crippen LogP contribution is 2.30. The molecule has 7 nitrogen and oxygen atoms in total. The first kappa shape index (κ1) is 24.4. The number of nitrogens with one attached hydrogen (secondary N) is 3. The summed E-state index contributed by atoms with van der Waals surface area (Å²) in [4.78, 5) is 27.3. The third-order valence-electron chi connectivity index (χ3n) is 5.26. The molecule has 0 bridgehead atoms. The van der Waals surface area contributed by atoms with Crippen molar-refractivity contribution in [2.45, 2.75) is 25.4 Å². The predicted molar refractivity (Wildman–Crippen MR) is 121 cm³/mol. The Balaban J connectivity index is 1.73. The lowest BCUT2D eigenvalue weighted by molar-refractivity contribution is -0.137. The number of anilines is 3. The number of halogens is 3. The van der Waals surface area contributed by atoms with Gasteiger partial charge < -0.3 is 25.6 Å². The molecular weight excluding hydrogens is 437 g/mol. The second kappa shape index (κ2) is 11.0. The van der Waals surface area contributed by atoms with Crippen molar-refractivity contribution >= 4 is 29.0 Å². The number of alkyl halides is 3. The summed E-state index contributed by atoms with van der Waals surface area (Å²) < 4.78 is 43.1. The summed E-state index contributed by atoms with van der Waals surface area (Å²) in [7, 11) is 1.55. The van der Waals surface area contributed by atoms with Crippen LogP contribution in [0.5, 0.6) is 0 Å². The zero-order chi connectivity index (χ0) is 23.8. The van der Waals surface area contributed by atoms with Gasteiger partial charge in [0.05, 0.1) is 17.7 Å². The minimum absolute atomic E-state index is 0.211. The molecule has 33 heavy (non-hydrogen) atoms. The summed E-state index contributed by atoms with van der Waals surface area (Å²) in [6.07, 6.45) is -1.21. The van der Waals surface area contributed by atoms with Crippen molar-refractivity contribution in [3.63, 3.8) is 0 Å². The number of benzene rings is 2. The molecule has 2 aromatic rings. The van der Waals surface area contributed by atoms with Crippen LogP contribution in [-0.4, -0.2) is 45.3 Å². The molecule has 3 N–H and O–H groups in total. The Kier molecular flexibility index (Phi) is 8.16. The number of hydrogen-bond donors (Lipinski definition) is 3. The maximum atomic E-state index is 12.8. The number of piperidine rings is 1. The maximum Gasteiger partial charge on any atom is 0.416 e. The molecule has 3 amide bonds. The molecule has 0 radical (unpaired) electrons. The van der Waals surface area contributed by atoms with Crippen molar-refractivity contribution in [3.05, 3.63) is 53.6 Å². The minimum Gasteiger partial charge on any atom is -0.383 e. The second-order valence-electron chi connectivity index (χ2n) is 7.68. The highest BCUT2D eigenvalue weighted by atomic mass is 19.4. The van der Waals surface area contributed by atoms with Crippen molar-refractivity contribution in [1.82, 2.24) is 5.32 Å². The summed E-state index contributed by atoms with van der Waals surface area (Å²) in [6.45, 7) is 2.41. The number of nitrogens with zero attached hydrogens (tertiary/aromatic N) is 1. The molecule has 1 heterocycles. The van der Waals surface area contributed by atoms with Crippen LogP contribution in [0.1, 0.15) is 35.2 Å². The van der Waals surface area contributed by atoms with Crippen molar-refractivity contribution in [2.75, 3.05) is 48.9 Å². The SMILES string of the molecule is COCCNC(=O)c1cc(NC(=O)Nc2ccc(C(F)(F)F)cc2)ccc1N1CCCCC1. The number of hydrogen-bond acceptors (Lipinski definition) is 4. The summed E-state index contributed by atoms with van der Waals surface area (Å²) >= 11 is 0. The quantitative estimate of drug-likeness (QED) is 0.518. The van der Waals surface area contributed by atoms with Gasteiger partial charge in [-0.1, -0.05) is 0 Å². The fourth-order valence-electron chi connectivity index (χ4n) is 3.60. The van der Waals surface area contributed by atoms with E-state index >= 15 is 0 Å². The third kappa shape index (κ3) is 6.85. The summed E-state index contributed by atoms with van der Waals surface area (Å²) in [5.74, 6) is -0.278. The first-order valence-electron chi connectivity index (χ1n) is 10.7. The van der Waals surface area contributed by atoms with E-state index in [1.165, 1.54) is 12.1 Å². The fourth-order valence-corrected chi connectivity index (χ4v) is 3.60. The van der Waals surface area contributed by atoms with E-state index in [1.807, 2.05) is 0 Å². The van der Waals surface area contributed by atoms with Crippen LogP contribution in [0.15, 0.2) is 42.5 Å². The number of amides is 3. The molecule has 0 aromatic heterocycles. The van der Waals surface area contributed by atoms with Crippen LogP contribution < -0.4 is 20.9 Å². The zero-order valence-corrected chi connectivity index (χ0v) is 18.3. The van der Waals surface area contributed by atoms with Gasteiger partial charge in [0, 0.05) is 43.8 Å². The van der Waals surface area contributed by atoms with Crippen molar-refractivity contribution in [1.29, 1.82) is 0 Å². The lowest BCUT2D eigenvalue weighted by atomic mass is 10.1. The molecule has 0 saturated carbocycles. The Bertz CT molecular complexity index is 958. The van der Waals surface area contributed by atoms with E-state index in [1.54, 1.807) is 25.3 Å². The molecule has 2 aromatic carbocycles. The lowest BCUT2D eigenvalue weighted by Gasteiger charge is -2.30. The fraction of sp³-hybridized carbons (Fsp3) is 0.391. The van der Waals surface area contributed by atoms with Crippen LogP contribution in [0.2, 0.25) is 0 Å². The van der Waals surface area contributed by atoms with Gasteiger partial charge in [0.1, 0.15) is 0 Å². The van der Waals surface area contributed by atoms with Gasteiger partial charge in [-0.15, -0.1) is 0 Å². The van der Waals surface area contributed by atoms with Gasteiger partial charge >= 0.3 is 12.2 Å². The van der Waals surface area contributed by atoms with Crippen LogP contribution in [0.3, 0.4) is 0 Å². The molecule has 0 aliphatic carbocycles. The normalized spacial score (nSPS) is 14.0. The largest absolute Gasteiger partial charge is 0.416 e. The average Bonchev–Trinajstić information content (AvgIpc) is 2.79. The topological polar surface area (TPSA) is 82.7 Å².